The fourth-order valence-electron chi connectivity index (χ4n) is 0.981. The molecular weight excluding hydrogens is 172 g/mol. The first-order valence-corrected chi connectivity index (χ1v) is 4.25. The number of halogens is 1. The van der Waals surface area contributed by atoms with E-state index in [1.807, 2.05) is 38.1 Å². The van der Waals surface area contributed by atoms with Crippen molar-refractivity contribution in [1.82, 2.24) is 0 Å². The van der Waals surface area contributed by atoms with Gasteiger partial charge in [0.2, 0.25) is 0 Å². The van der Waals surface area contributed by atoms with Crippen molar-refractivity contribution in [2.24, 2.45) is 0 Å². The highest BCUT2D eigenvalue weighted by Crippen LogP contribution is 2.25. The summed E-state index contributed by atoms with van der Waals surface area (Å²) in [6.45, 7) is 4.03. The van der Waals surface area contributed by atoms with Crippen LogP contribution in [0.5, 0.6) is 0 Å². The molecule has 0 bridgehead atoms. The molecule has 0 radical (unpaired) electrons. The monoisotopic (exact) mass is 184 g/mol. The molecule has 2 heteroatoms. The van der Waals surface area contributed by atoms with Crippen molar-refractivity contribution >= 4 is 11.6 Å². The Morgan fingerprint density at radius 1 is 1.33 bits per heavy atom. The van der Waals surface area contributed by atoms with Crippen LogP contribution in [0.15, 0.2) is 24.3 Å². The van der Waals surface area contributed by atoms with Crippen LogP contribution in [-0.4, -0.2) is 7.11 Å². The minimum atomic E-state index is -0.259. The third kappa shape index (κ3) is 1.99. The first-order valence-electron chi connectivity index (χ1n) is 3.87. The molecule has 0 saturated heterocycles. The summed E-state index contributed by atoms with van der Waals surface area (Å²) in [7, 11) is 1.70. The average Bonchev–Trinajstić information content (AvgIpc) is 2.05. The summed E-state index contributed by atoms with van der Waals surface area (Å²) in [4.78, 5) is 0. The minimum absolute atomic E-state index is 0.259. The number of hydrogen-bond donors (Lipinski definition) is 0. The molecule has 0 unspecified atom stereocenters. The Morgan fingerprint density at radius 2 is 2.00 bits per heavy atom. The molecule has 0 heterocycles. The quantitative estimate of drug-likeness (QED) is 0.686. The maximum absolute atomic E-state index is 5.85. The molecule has 0 aromatic heterocycles. The van der Waals surface area contributed by atoms with Gasteiger partial charge in [0.1, 0.15) is 0 Å². The lowest BCUT2D eigenvalue weighted by atomic mass is 9.98. The van der Waals surface area contributed by atoms with E-state index in [1.54, 1.807) is 7.11 Å². The zero-order valence-electron chi connectivity index (χ0n) is 7.60. The molecule has 1 aromatic rings. The molecule has 0 saturated carbocycles. The van der Waals surface area contributed by atoms with Gasteiger partial charge in [-0.2, -0.15) is 0 Å². The zero-order valence-corrected chi connectivity index (χ0v) is 8.35. The second-order valence-corrected chi connectivity index (χ2v) is 3.66. The maximum atomic E-state index is 5.85. The predicted molar refractivity (Wildman–Crippen MR) is 51.5 cm³/mol. The molecule has 0 aliphatic heterocycles. The van der Waals surface area contributed by atoms with E-state index in [2.05, 4.69) is 0 Å². The van der Waals surface area contributed by atoms with Crippen molar-refractivity contribution in [3.63, 3.8) is 0 Å². The van der Waals surface area contributed by atoms with Crippen molar-refractivity contribution < 1.29 is 4.74 Å². The summed E-state index contributed by atoms with van der Waals surface area (Å²) in [6, 6.07) is 7.72. The highest BCUT2D eigenvalue weighted by atomic mass is 35.5. The minimum Gasteiger partial charge on any atom is -0.374 e. The van der Waals surface area contributed by atoms with Crippen molar-refractivity contribution in [1.29, 1.82) is 0 Å². The van der Waals surface area contributed by atoms with Crippen LogP contribution in [0.3, 0.4) is 0 Å². The van der Waals surface area contributed by atoms with Gasteiger partial charge >= 0.3 is 0 Å². The van der Waals surface area contributed by atoms with Crippen molar-refractivity contribution in [2.45, 2.75) is 19.4 Å². The van der Waals surface area contributed by atoms with Crippen LogP contribution in [0.2, 0.25) is 5.02 Å². The lowest BCUT2D eigenvalue weighted by Gasteiger charge is -2.23. The Labute approximate surface area is 78.3 Å². The topological polar surface area (TPSA) is 9.23 Å². The number of ether oxygens (including phenoxy) is 1. The molecule has 0 N–H and O–H groups in total. The number of rotatable bonds is 2. The van der Waals surface area contributed by atoms with E-state index in [4.69, 9.17) is 16.3 Å². The van der Waals surface area contributed by atoms with Gasteiger partial charge in [-0.25, -0.2) is 0 Å². The van der Waals surface area contributed by atoms with Gasteiger partial charge < -0.3 is 4.74 Å². The lowest BCUT2D eigenvalue weighted by Crippen LogP contribution is -2.19. The van der Waals surface area contributed by atoms with Gasteiger partial charge in [0.05, 0.1) is 5.60 Å². The molecule has 1 aromatic carbocycles. The van der Waals surface area contributed by atoms with Gasteiger partial charge in [0.15, 0.2) is 0 Å². The van der Waals surface area contributed by atoms with Gasteiger partial charge in [-0.15, -0.1) is 0 Å². The van der Waals surface area contributed by atoms with E-state index in [-0.39, 0.29) is 5.60 Å². The van der Waals surface area contributed by atoms with Gasteiger partial charge in [0.25, 0.3) is 0 Å². The van der Waals surface area contributed by atoms with Crippen molar-refractivity contribution in [2.75, 3.05) is 7.11 Å². The first kappa shape index (κ1) is 9.56. The van der Waals surface area contributed by atoms with Gasteiger partial charge in [-0.3, -0.25) is 0 Å². The van der Waals surface area contributed by atoms with Gasteiger partial charge in [0, 0.05) is 12.1 Å². The van der Waals surface area contributed by atoms with E-state index in [0.29, 0.717) is 0 Å². The van der Waals surface area contributed by atoms with Crippen molar-refractivity contribution in [3.05, 3.63) is 34.9 Å². The second-order valence-electron chi connectivity index (χ2n) is 3.22. The summed E-state index contributed by atoms with van der Waals surface area (Å²) < 4.78 is 5.32. The standard InChI is InChI=1S/C10H13ClO/c1-10(2,12-3)8-5-4-6-9(11)7-8/h4-7H,1-3H3. The Morgan fingerprint density at radius 3 is 2.50 bits per heavy atom. The summed E-state index contributed by atoms with van der Waals surface area (Å²) in [6.07, 6.45) is 0. The van der Waals surface area contributed by atoms with Crippen LogP contribution in [-0.2, 0) is 10.3 Å². The molecule has 66 valence electrons. The maximum Gasteiger partial charge on any atom is 0.0872 e. The SMILES string of the molecule is COC(C)(C)c1cccc(Cl)c1. The normalized spacial score (nSPS) is 11.7. The highest BCUT2D eigenvalue weighted by Gasteiger charge is 2.18. The lowest BCUT2D eigenvalue weighted by molar-refractivity contribution is 0.0192. The first-order chi connectivity index (χ1) is 5.56. The molecule has 0 amide bonds. The summed E-state index contributed by atoms with van der Waals surface area (Å²) >= 11 is 5.85. The highest BCUT2D eigenvalue weighted by molar-refractivity contribution is 6.30. The van der Waals surface area contributed by atoms with E-state index in [0.717, 1.165) is 10.6 Å². The van der Waals surface area contributed by atoms with Crippen LogP contribution in [0, 0.1) is 0 Å². The number of hydrogen-bond acceptors (Lipinski definition) is 1. The Balaban J connectivity index is 3.03. The Hall–Kier alpha value is -0.530. The molecule has 0 spiro atoms. The summed E-state index contributed by atoms with van der Waals surface area (Å²) in [5, 5.41) is 0.748. The fourth-order valence-corrected chi connectivity index (χ4v) is 1.17. The van der Waals surface area contributed by atoms with Crippen LogP contribution in [0.1, 0.15) is 19.4 Å². The third-order valence-corrected chi connectivity index (χ3v) is 2.27. The van der Waals surface area contributed by atoms with Crippen LogP contribution < -0.4 is 0 Å². The molecule has 0 aliphatic carbocycles. The van der Waals surface area contributed by atoms with E-state index in [9.17, 15) is 0 Å². The van der Waals surface area contributed by atoms with E-state index < -0.39 is 0 Å². The molecule has 0 fully saturated rings. The Kier molecular flexibility index (Phi) is 2.76. The molecular formula is C10H13ClO. The molecule has 0 atom stereocenters. The van der Waals surface area contributed by atoms with Crippen LogP contribution in [0.4, 0.5) is 0 Å². The van der Waals surface area contributed by atoms with Gasteiger partial charge in [-0.1, -0.05) is 23.7 Å². The zero-order chi connectivity index (χ0) is 9.19. The number of methoxy groups -OCH3 is 1. The summed E-state index contributed by atoms with van der Waals surface area (Å²) in [5.41, 5.74) is 0.836. The van der Waals surface area contributed by atoms with Crippen molar-refractivity contribution in [3.8, 4) is 0 Å². The van der Waals surface area contributed by atoms with E-state index in [1.165, 1.54) is 0 Å². The average molecular weight is 185 g/mol. The third-order valence-electron chi connectivity index (χ3n) is 2.03. The van der Waals surface area contributed by atoms with E-state index >= 15 is 0 Å². The molecule has 1 nitrogen and oxygen atoms in total. The smallest absolute Gasteiger partial charge is 0.0872 e. The predicted octanol–water partition coefficient (Wildman–Crippen LogP) is 3.22. The summed E-state index contributed by atoms with van der Waals surface area (Å²) in [5.74, 6) is 0. The molecule has 1 rings (SSSR count). The fraction of sp³-hybridized carbons (Fsp3) is 0.400. The molecule has 12 heavy (non-hydrogen) atoms. The Bertz CT molecular complexity index is 268. The molecule has 0 aliphatic rings. The largest absolute Gasteiger partial charge is 0.374 e. The van der Waals surface area contributed by atoms with Crippen LogP contribution >= 0.6 is 11.6 Å². The van der Waals surface area contributed by atoms with Gasteiger partial charge in [-0.05, 0) is 31.5 Å². The van der Waals surface area contributed by atoms with Crippen LogP contribution in [0.25, 0.3) is 0 Å². The second kappa shape index (κ2) is 3.46. The number of benzene rings is 1.